The van der Waals surface area contributed by atoms with E-state index in [1.807, 2.05) is 0 Å². The van der Waals surface area contributed by atoms with Crippen molar-refractivity contribution in [1.82, 2.24) is 9.03 Å². The van der Waals surface area contributed by atoms with Crippen molar-refractivity contribution in [2.24, 2.45) is 5.92 Å². The van der Waals surface area contributed by atoms with Crippen LogP contribution in [-0.2, 0) is 24.5 Å². The van der Waals surface area contributed by atoms with E-state index >= 15 is 0 Å². The van der Waals surface area contributed by atoms with E-state index in [-0.39, 0.29) is 19.1 Å². The zero-order valence-electron chi connectivity index (χ0n) is 12.9. The lowest BCUT2D eigenvalue weighted by molar-refractivity contribution is -0.158. The molecular formula is C12H22N2O6S. The summed E-state index contributed by atoms with van der Waals surface area (Å²) in [5.41, 5.74) is -0.734. The van der Waals surface area contributed by atoms with Crippen molar-refractivity contribution < 1.29 is 27.5 Å². The van der Waals surface area contributed by atoms with Crippen LogP contribution in [0.25, 0.3) is 0 Å². The molecule has 1 saturated heterocycles. The number of esters is 1. The van der Waals surface area contributed by atoms with Gasteiger partial charge in [0.15, 0.2) is 0 Å². The second-order valence-electron chi connectivity index (χ2n) is 6.06. The van der Waals surface area contributed by atoms with Crippen molar-refractivity contribution in [2.75, 3.05) is 13.2 Å². The summed E-state index contributed by atoms with van der Waals surface area (Å²) >= 11 is 0. The van der Waals surface area contributed by atoms with Gasteiger partial charge in [0.25, 0.3) is 0 Å². The maximum absolute atomic E-state index is 12.1. The average Bonchev–Trinajstić information content (AvgIpc) is 2.70. The van der Waals surface area contributed by atoms with Gasteiger partial charge in [-0.05, 0) is 26.7 Å². The minimum absolute atomic E-state index is 0.00146. The normalized spacial score (nSPS) is 17.8. The maximum Gasteiger partial charge on any atom is 0.424 e. The molecule has 0 aromatic rings. The molecule has 1 aliphatic rings. The minimum Gasteiger partial charge on any atom is -0.459 e. The Morgan fingerprint density at radius 1 is 1.38 bits per heavy atom. The molecule has 1 atom stereocenters. The molecule has 9 heteroatoms. The number of nitrogens with zero attached hydrogens (tertiary/aromatic N) is 1. The van der Waals surface area contributed by atoms with Gasteiger partial charge in [-0.15, -0.1) is 0 Å². The highest BCUT2D eigenvalue weighted by Crippen LogP contribution is 2.15. The number of hydrogen-bond donors (Lipinski definition) is 1. The molecule has 0 unspecified atom stereocenters. The Hall–Kier alpha value is -1.35. The molecule has 1 amide bonds. The first-order valence-electron chi connectivity index (χ1n) is 6.63. The standard InChI is InChI=1S/C12H22N2O6S/c1-8(2)9(10(15)20-12(3,4)5)13-21(17,18)14-6-7-19-11(14)16/h8-9,13H,6-7H2,1-5H3/t9-/m1/s1. The molecule has 8 nitrogen and oxygen atoms in total. The topological polar surface area (TPSA) is 102 Å². The molecule has 122 valence electrons. The summed E-state index contributed by atoms with van der Waals surface area (Å²) in [4.78, 5) is 23.4. The lowest BCUT2D eigenvalue weighted by Crippen LogP contribution is -2.52. The number of cyclic esters (lactones) is 1. The Morgan fingerprint density at radius 3 is 2.33 bits per heavy atom. The Kier molecular flexibility index (Phi) is 5.21. The Labute approximate surface area is 125 Å². The van der Waals surface area contributed by atoms with Gasteiger partial charge in [0.2, 0.25) is 0 Å². The number of carbonyl (C=O) groups is 2. The molecular weight excluding hydrogens is 300 g/mol. The predicted octanol–water partition coefficient (Wildman–Crippen LogP) is 0.639. The molecule has 1 heterocycles. The molecule has 1 aliphatic heterocycles. The highest BCUT2D eigenvalue weighted by Gasteiger charge is 2.38. The van der Waals surface area contributed by atoms with Crippen LogP contribution in [-0.4, -0.2) is 49.6 Å². The summed E-state index contributed by atoms with van der Waals surface area (Å²) in [6.45, 7) is 8.35. The van der Waals surface area contributed by atoms with Crippen molar-refractivity contribution in [3.05, 3.63) is 0 Å². The second kappa shape index (κ2) is 6.18. The molecule has 0 aromatic carbocycles. The fraction of sp³-hybridized carbons (Fsp3) is 0.833. The van der Waals surface area contributed by atoms with E-state index in [1.165, 1.54) is 0 Å². The van der Waals surface area contributed by atoms with Crippen LogP contribution in [0.3, 0.4) is 0 Å². The van der Waals surface area contributed by atoms with E-state index < -0.39 is 33.9 Å². The van der Waals surface area contributed by atoms with Crippen LogP contribution in [0, 0.1) is 5.92 Å². The van der Waals surface area contributed by atoms with E-state index in [4.69, 9.17) is 4.74 Å². The van der Waals surface area contributed by atoms with Gasteiger partial charge in [-0.25, -0.2) is 4.79 Å². The van der Waals surface area contributed by atoms with Crippen LogP contribution >= 0.6 is 0 Å². The van der Waals surface area contributed by atoms with Gasteiger partial charge >= 0.3 is 22.3 Å². The van der Waals surface area contributed by atoms with E-state index in [2.05, 4.69) is 9.46 Å². The van der Waals surface area contributed by atoms with E-state index in [1.54, 1.807) is 34.6 Å². The molecule has 1 fully saturated rings. The SMILES string of the molecule is CC(C)[C@@H](NS(=O)(=O)N1CCOC1=O)C(=O)OC(C)(C)C. The van der Waals surface area contributed by atoms with Crippen molar-refractivity contribution in [1.29, 1.82) is 0 Å². The summed E-state index contributed by atoms with van der Waals surface area (Å²) in [5.74, 6) is -1.03. The zero-order valence-corrected chi connectivity index (χ0v) is 13.7. The summed E-state index contributed by atoms with van der Waals surface area (Å²) in [5, 5.41) is 0. The third-order valence-corrected chi connectivity index (χ3v) is 4.08. The van der Waals surface area contributed by atoms with Crippen molar-refractivity contribution in [3.8, 4) is 0 Å². The minimum atomic E-state index is -4.15. The van der Waals surface area contributed by atoms with Crippen LogP contribution in [0.15, 0.2) is 0 Å². The van der Waals surface area contributed by atoms with Crippen molar-refractivity contribution in [3.63, 3.8) is 0 Å². The van der Waals surface area contributed by atoms with Crippen molar-refractivity contribution >= 4 is 22.3 Å². The van der Waals surface area contributed by atoms with Crippen molar-refractivity contribution in [2.45, 2.75) is 46.3 Å². The summed E-state index contributed by atoms with van der Waals surface area (Å²) in [6, 6.07) is -1.08. The first-order chi connectivity index (χ1) is 9.44. The summed E-state index contributed by atoms with van der Waals surface area (Å²) < 4.78 is 36.8. The first kappa shape index (κ1) is 17.7. The van der Waals surface area contributed by atoms with Crippen LogP contribution in [0.4, 0.5) is 4.79 Å². The Balaban J connectivity index is 2.88. The first-order valence-corrected chi connectivity index (χ1v) is 8.07. The highest BCUT2D eigenvalue weighted by atomic mass is 32.2. The number of ether oxygens (including phenoxy) is 2. The van der Waals surface area contributed by atoms with Gasteiger partial charge in [0, 0.05) is 0 Å². The monoisotopic (exact) mass is 322 g/mol. The molecule has 0 saturated carbocycles. The van der Waals surface area contributed by atoms with Crippen LogP contribution in [0.2, 0.25) is 0 Å². The number of amides is 1. The molecule has 0 spiro atoms. The van der Waals surface area contributed by atoms with Crippen LogP contribution in [0.5, 0.6) is 0 Å². The van der Waals surface area contributed by atoms with Gasteiger partial charge in [-0.1, -0.05) is 13.8 Å². The highest BCUT2D eigenvalue weighted by molar-refractivity contribution is 7.87. The smallest absolute Gasteiger partial charge is 0.424 e. The summed E-state index contributed by atoms with van der Waals surface area (Å²) in [6.07, 6.45) is -0.950. The third kappa shape index (κ3) is 4.85. The number of rotatable bonds is 5. The average molecular weight is 322 g/mol. The fourth-order valence-electron chi connectivity index (χ4n) is 1.64. The second-order valence-corrected chi connectivity index (χ2v) is 7.69. The zero-order chi connectivity index (χ0) is 16.4. The lowest BCUT2D eigenvalue weighted by Gasteiger charge is -2.27. The molecule has 0 radical (unpaired) electrons. The van der Waals surface area contributed by atoms with Gasteiger partial charge in [0.05, 0.1) is 6.54 Å². The third-order valence-electron chi connectivity index (χ3n) is 2.62. The van der Waals surface area contributed by atoms with Gasteiger partial charge in [-0.2, -0.15) is 17.4 Å². The van der Waals surface area contributed by atoms with Gasteiger partial charge in [-0.3, -0.25) is 4.79 Å². The maximum atomic E-state index is 12.1. The number of hydrogen-bond acceptors (Lipinski definition) is 6. The fourth-order valence-corrected chi connectivity index (χ4v) is 3.02. The largest absolute Gasteiger partial charge is 0.459 e. The van der Waals surface area contributed by atoms with Gasteiger partial charge < -0.3 is 9.47 Å². The predicted molar refractivity (Wildman–Crippen MR) is 74.6 cm³/mol. The molecule has 0 aliphatic carbocycles. The number of carbonyl (C=O) groups excluding carboxylic acids is 2. The van der Waals surface area contributed by atoms with E-state index in [9.17, 15) is 18.0 Å². The van der Waals surface area contributed by atoms with Crippen LogP contribution < -0.4 is 4.72 Å². The summed E-state index contributed by atoms with van der Waals surface area (Å²) in [7, 11) is -4.15. The molecule has 1 rings (SSSR count). The molecule has 0 aromatic heterocycles. The van der Waals surface area contributed by atoms with E-state index in [0.29, 0.717) is 4.31 Å². The molecule has 1 N–H and O–H groups in total. The van der Waals surface area contributed by atoms with Gasteiger partial charge in [0.1, 0.15) is 18.2 Å². The molecule has 21 heavy (non-hydrogen) atoms. The van der Waals surface area contributed by atoms with Crippen LogP contribution in [0.1, 0.15) is 34.6 Å². The van der Waals surface area contributed by atoms with E-state index in [0.717, 1.165) is 0 Å². The Morgan fingerprint density at radius 2 is 1.95 bits per heavy atom. The number of nitrogens with one attached hydrogen (secondary N) is 1. The lowest BCUT2D eigenvalue weighted by atomic mass is 10.1. The molecule has 0 bridgehead atoms. The Bertz CT molecular complexity index is 508. The quantitative estimate of drug-likeness (QED) is 0.745.